The highest BCUT2D eigenvalue weighted by molar-refractivity contribution is 5.70. The van der Waals surface area contributed by atoms with E-state index in [1.165, 1.54) is 0 Å². The number of nitrogens with zero attached hydrogens (tertiary/aromatic N) is 4. The summed E-state index contributed by atoms with van der Waals surface area (Å²) in [5.41, 5.74) is 0.441. The first-order valence-corrected chi connectivity index (χ1v) is 8.80. The Kier molecular flexibility index (Phi) is 4.49. The summed E-state index contributed by atoms with van der Waals surface area (Å²) < 4.78 is 16.0. The molecule has 7 heteroatoms. The molecule has 0 aromatic carbocycles. The summed E-state index contributed by atoms with van der Waals surface area (Å²) in [6, 6.07) is 0. The first kappa shape index (κ1) is 18.1. The molecule has 0 radical (unpaired) electrons. The number of hydrogen-bond acceptors (Lipinski definition) is 5. The second kappa shape index (κ2) is 6.21. The van der Waals surface area contributed by atoms with Gasteiger partial charge in [0.1, 0.15) is 18.2 Å². The standard InChI is InChI=1S/C18H28N4O3/c1-17(2,3)22-11-20-15(23)14-16(22)21(10-19-14)13-8-7-12(25-13)9-24-18(4,5)6/h10-13H,7-9H2,1-6H3/t12-,13+/m0/s1. The van der Waals surface area contributed by atoms with E-state index < -0.39 is 0 Å². The van der Waals surface area contributed by atoms with Gasteiger partial charge in [-0.05, 0) is 54.4 Å². The lowest BCUT2D eigenvalue weighted by Crippen LogP contribution is -2.28. The zero-order valence-corrected chi connectivity index (χ0v) is 15.9. The maximum Gasteiger partial charge on any atom is 0.300 e. The van der Waals surface area contributed by atoms with Gasteiger partial charge >= 0.3 is 5.56 Å². The van der Waals surface area contributed by atoms with Gasteiger partial charge in [0, 0.05) is 5.54 Å². The number of aromatic nitrogens is 4. The van der Waals surface area contributed by atoms with Crippen LogP contribution < -0.4 is 5.56 Å². The summed E-state index contributed by atoms with van der Waals surface area (Å²) in [6.45, 7) is 12.9. The van der Waals surface area contributed by atoms with Gasteiger partial charge in [0.15, 0.2) is 5.52 Å². The van der Waals surface area contributed by atoms with Crippen molar-refractivity contribution in [3.63, 3.8) is 0 Å². The fourth-order valence-corrected chi connectivity index (χ4v) is 3.03. The molecular formula is C18H28N4O3. The lowest BCUT2D eigenvalue weighted by Gasteiger charge is -2.26. The van der Waals surface area contributed by atoms with E-state index in [1.54, 1.807) is 12.7 Å². The molecule has 2 aromatic heterocycles. The molecule has 3 heterocycles. The van der Waals surface area contributed by atoms with E-state index >= 15 is 0 Å². The number of hydrogen-bond donors (Lipinski definition) is 0. The van der Waals surface area contributed by atoms with Gasteiger partial charge in [0.25, 0.3) is 0 Å². The van der Waals surface area contributed by atoms with Crippen LogP contribution in [0.25, 0.3) is 11.2 Å². The highest BCUT2D eigenvalue weighted by atomic mass is 16.6. The molecule has 0 bridgehead atoms. The maximum absolute atomic E-state index is 12.1. The van der Waals surface area contributed by atoms with Crippen molar-refractivity contribution in [2.24, 2.45) is 0 Å². The largest absolute Gasteiger partial charge is 0.373 e. The van der Waals surface area contributed by atoms with Crippen molar-refractivity contribution < 1.29 is 9.47 Å². The summed E-state index contributed by atoms with van der Waals surface area (Å²) in [5.74, 6) is 0. The molecule has 1 saturated heterocycles. The molecule has 1 aliphatic heterocycles. The van der Waals surface area contributed by atoms with Gasteiger partial charge in [0.05, 0.1) is 24.6 Å². The van der Waals surface area contributed by atoms with Crippen LogP contribution in [0.4, 0.5) is 0 Å². The summed E-state index contributed by atoms with van der Waals surface area (Å²) in [5, 5.41) is 0. The van der Waals surface area contributed by atoms with Crippen LogP contribution in [-0.2, 0) is 15.0 Å². The molecule has 7 nitrogen and oxygen atoms in total. The Morgan fingerprint density at radius 2 is 1.88 bits per heavy atom. The third kappa shape index (κ3) is 3.77. The molecule has 2 aromatic rings. The molecule has 0 amide bonds. The third-order valence-electron chi connectivity index (χ3n) is 4.31. The van der Waals surface area contributed by atoms with Crippen molar-refractivity contribution in [1.82, 2.24) is 19.1 Å². The minimum atomic E-state index is -0.306. The zero-order chi connectivity index (χ0) is 18.4. The van der Waals surface area contributed by atoms with Gasteiger partial charge in [-0.25, -0.2) is 4.98 Å². The van der Waals surface area contributed by atoms with Crippen LogP contribution in [0.15, 0.2) is 17.4 Å². The van der Waals surface area contributed by atoms with Crippen molar-refractivity contribution in [3.05, 3.63) is 23.0 Å². The maximum atomic E-state index is 12.1. The van der Waals surface area contributed by atoms with E-state index in [0.29, 0.717) is 12.1 Å². The predicted molar refractivity (Wildman–Crippen MR) is 95.6 cm³/mol. The third-order valence-corrected chi connectivity index (χ3v) is 4.31. The smallest absolute Gasteiger partial charge is 0.300 e. The van der Waals surface area contributed by atoms with E-state index in [2.05, 4.69) is 30.7 Å². The highest BCUT2D eigenvalue weighted by Crippen LogP contribution is 2.32. The van der Waals surface area contributed by atoms with Crippen LogP contribution in [0.5, 0.6) is 0 Å². The van der Waals surface area contributed by atoms with Crippen LogP contribution in [0.1, 0.15) is 60.6 Å². The van der Waals surface area contributed by atoms with E-state index in [4.69, 9.17) is 9.47 Å². The second-order valence-corrected chi connectivity index (χ2v) is 8.63. The highest BCUT2D eigenvalue weighted by Gasteiger charge is 2.31. The number of fused-ring (bicyclic) bond motifs is 1. The van der Waals surface area contributed by atoms with Gasteiger partial charge in [-0.2, -0.15) is 4.98 Å². The Morgan fingerprint density at radius 3 is 2.52 bits per heavy atom. The first-order chi connectivity index (χ1) is 11.6. The normalized spacial score (nSPS) is 22.0. The van der Waals surface area contributed by atoms with Crippen LogP contribution in [0, 0.1) is 0 Å². The predicted octanol–water partition coefficient (Wildman–Crippen LogP) is 2.84. The zero-order valence-electron chi connectivity index (χ0n) is 15.9. The van der Waals surface area contributed by atoms with Gasteiger partial charge in [-0.1, -0.05) is 0 Å². The fourth-order valence-electron chi connectivity index (χ4n) is 3.03. The quantitative estimate of drug-likeness (QED) is 0.853. The molecular weight excluding hydrogens is 320 g/mol. The molecule has 1 fully saturated rings. The van der Waals surface area contributed by atoms with Gasteiger partial charge in [-0.3, -0.25) is 9.36 Å². The summed E-state index contributed by atoms with van der Waals surface area (Å²) in [6.07, 6.45) is 4.98. The summed E-state index contributed by atoms with van der Waals surface area (Å²) >= 11 is 0. The first-order valence-electron chi connectivity index (χ1n) is 8.80. The van der Waals surface area contributed by atoms with Gasteiger partial charge in [0.2, 0.25) is 0 Å². The SMILES string of the molecule is CC(C)(C)OC[C@@H]1CC[C@H](n2cnc3c(=O)ncn(C(C)(C)C)c32)O1. The van der Waals surface area contributed by atoms with Crippen LogP contribution >= 0.6 is 0 Å². The minimum Gasteiger partial charge on any atom is -0.373 e. The molecule has 138 valence electrons. The van der Waals surface area contributed by atoms with Crippen molar-refractivity contribution >= 4 is 11.2 Å². The Morgan fingerprint density at radius 1 is 1.16 bits per heavy atom. The molecule has 2 atom stereocenters. The van der Waals surface area contributed by atoms with Crippen molar-refractivity contribution in [2.45, 2.75) is 77.9 Å². The van der Waals surface area contributed by atoms with Crippen LogP contribution in [0.2, 0.25) is 0 Å². The summed E-state index contributed by atoms with van der Waals surface area (Å²) in [4.78, 5) is 20.4. The topological polar surface area (TPSA) is 71.2 Å². The Labute approximate surface area is 148 Å². The van der Waals surface area contributed by atoms with Crippen LogP contribution in [-0.4, -0.2) is 37.4 Å². The van der Waals surface area contributed by atoms with Crippen molar-refractivity contribution in [1.29, 1.82) is 0 Å². The lowest BCUT2D eigenvalue weighted by molar-refractivity contribution is -0.0819. The summed E-state index contributed by atoms with van der Waals surface area (Å²) in [7, 11) is 0. The molecule has 0 aliphatic carbocycles. The lowest BCUT2D eigenvalue weighted by atomic mass is 10.1. The second-order valence-electron chi connectivity index (χ2n) is 8.63. The Bertz CT molecular complexity index is 810. The minimum absolute atomic E-state index is 0.0540. The van der Waals surface area contributed by atoms with E-state index in [-0.39, 0.29) is 29.0 Å². The molecule has 25 heavy (non-hydrogen) atoms. The Balaban J connectivity index is 1.90. The molecule has 0 saturated carbocycles. The Hall–Kier alpha value is -1.73. The fraction of sp³-hybridized carbons (Fsp3) is 0.722. The number of rotatable bonds is 3. The molecule has 0 N–H and O–H groups in total. The van der Waals surface area contributed by atoms with Crippen LogP contribution in [0.3, 0.4) is 0 Å². The molecule has 0 unspecified atom stereocenters. The molecule has 3 rings (SSSR count). The number of imidazole rings is 1. The molecule has 0 spiro atoms. The monoisotopic (exact) mass is 348 g/mol. The van der Waals surface area contributed by atoms with Gasteiger partial charge in [-0.15, -0.1) is 0 Å². The average molecular weight is 348 g/mol. The van der Waals surface area contributed by atoms with Crippen molar-refractivity contribution in [3.8, 4) is 0 Å². The number of ether oxygens (including phenoxy) is 2. The van der Waals surface area contributed by atoms with E-state index in [0.717, 1.165) is 18.5 Å². The average Bonchev–Trinajstić information content (AvgIpc) is 3.10. The molecule has 1 aliphatic rings. The van der Waals surface area contributed by atoms with E-state index in [9.17, 15) is 4.79 Å². The van der Waals surface area contributed by atoms with E-state index in [1.807, 2.05) is 29.9 Å². The van der Waals surface area contributed by atoms with Crippen molar-refractivity contribution in [2.75, 3.05) is 6.61 Å². The van der Waals surface area contributed by atoms with Gasteiger partial charge < -0.3 is 14.0 Å².